The second kappa shape index (κ2) is 7.06. The second-order valence-electron chi connectivity index (χ2n) is 5.91. The van der Waals surface area contributed by atoms with E-state index < -0.39 is 0 Å². The molecule has 1 aliphatic heterocycles. The summed E-state index contributed by atoms with van der Waals surface area (Å²) in [6.45, 7) is 6.29. The van der Waals surface area contributed by atoms with Crippen LogP contribution in [0.25, 0.3) is 0 Å². The van der Waals surface area contributed by atoms with Crippen molar-refractivity contribution in [2.45, 2.75) is 45.6 Å². The predicted octanol–water partition coefficient (Wildman–Crippen LogP) is 3.25. The fraction of sp³-hybridized carbons (Fsp3) is 0.647. The van der Waals surface area contributed by atoms with E-state index in [0.29, 0.717) is 6.04 Å². The molecule has 0 aromatic heterocycles. The van der Waals surface area contributed by atoms with Gasteiger partial charge < -0.3 is 10.1 Å². The minimum Gasteiger partial charge on any atom is -0.381 e. The first-order chi connectivity index (χ1) is 9.19. The van der Waals surface area contributed by atoms with Crippen LogP contribution in [-0.4, -0.2) is 26.3 Å². The normalized spacial score (nSPS) is 18.5. The lowest BCUT2D eigenvalue weighted by Gasteiger charge is -2.27. The summed E-state index contributed by atoms with van der Waals surface area (Å²) in [5.74, 6) is 0.830. The maximum atomic E-state index is 5.45. The molecule has 2 heteroatoms. The Bertz CT molecular complexity index is 396. The molecule has 2 nitrogen and oxygen atoms in total. The van der Waals surface area contributed by atoms with Crippen LogP contribution in [0.1, 0.15) is 36.0 Å². The molecule has 0 aliphatic carbocycles. The molecule has 1 atom stereocenters. The zero-order valence-corrected chi connectivity index (χ0v) is 12.5. The molecule has 1 aromatic rings. The van der Waals surface area contributed by atoms with E-state index in [0.717, 1.165) is 25.6 Å². The number of nitrogens with one attached hydrogen (secondary N) is 1. The van der Waals surface area contributed by atoms with E-state index in [-0.39, 0.29) is 0 Å². The summed E-state index contributed by atoms with van der Waals surface area (Å²) >= 11 is 0. The van der Waals surface area contributed by atoms with Gasteiger partial charge in [0, 0.05) is 19.3 Å². The van der Waals surface area contributed by atoms with Crippen LogP contribution in [0.15, 0.2) is 18.2 Å². The Hall–Kier alpha value is -0.860. The van der Waals surface area contributed by atoms with Crippen molar-refractivity contribution in [3.63, 3.8) is 0 Å². The highest BCUT2D eigenvalue weighted by molar-refractivity contribution is 5.31. The molecule has 1 unspecified atom stereocenters. The zero-order valence-electron chi connectivity index (χ0n) is 12.5. The fourth-order valence-corrected chi connectivity index (χ4v) is 2.97. The summed E-state index contributed by atoms with van der Waals surface area (Å²) in [5.41, 5.74) is 4.27. The van der Waals surface area contributed by atoms with Crippen LogP contribution >= 0.6 is 0 Å². The van der Waals surface area contributed by atoms with Crippen molar-refractivity contribution in [1.82, 2.24) is 5.32 Å². The molecule has 1 heterocycles. The lowest BCUT2D eigenvalue weighted by molar-refractivity contribution is 0.0608. The molecule has 0 saturated carbocycles. The summed E-state index contributed by atoms with van der Waals surface area (Å²) in [6, 6.07) is 7.37. The minimum absolute atomic E-state index is 0.587. The van der Waals surface area contributed by atoms with Gasteiger partial charge in [0.2, 0.25) is 0 Å². The molecular formula is C17H27NO. The number of rotatable bonds is 5. The van der Waals surface area contributed by atoms with Gasteiger partial charge in [-0.2, -0.15) is 0 Å². The summed E-state index contributed by atoms with van der Waals surface area (Å²) in [7, 11) is 2.09. The van der Waals surface area contributed by atoms with Crippen molar-refractivity contribution in [2.24, 2.45) is 5.92 Å². The van der Waals surface area contributed by atoms with Gasteiger partial charge in [0.05, 0.1) is 0 Å². The predicted molar refractivity (Wildman–Crippen MR) is 80.6 cm³/mol. The van der Waals surface area contributed by atoms with Gasteiger partial charge in [0.15, 0.2) is 0 Å². The summed E-state index contributed by atoms with van der Waals surface area (Å²) in [6.07, 6.45) is 4.87. The topological polar surface area (TPSA) is 21.3 Å². The zero-order chi connectivity index (χ0) is 13.7. The summed E-state index contributed by atoms with van der Waals surface area (Å²) in [5, 5.41) is 3.50. The lowest BCUT2D eigenvalue weighted by atomic mass is 9.89. The maximum Gasteiger partial charge on any atom is 0.0468 e. The SMILES string of the molecule is CNC(Cc1cc(C)ccc1C)CC1CCOCC1. The highest BCUT2D eigenvalue weighted by Crippen LogP contribution is 2.22. The van der Waals surface area contributed by atoms with E-state index in [1.165, 1.54) is 36.0 Å². The van der Waals surface area contributed by atoms with Crippen LogP contribution in [0.4, 0.5) is 0 Å². The Labute approximate surface area is 117 Å². The van der Waals surface area contributed by atoms with Crippen LogP contribution in [0, 0.1) is 19.8 Å². The average Bonchev–Trinajstić information content (AvgIpc) is 2.43. The van der Waals surface area contributed by atoms with Crippen LogP contribution in [0.2, 0.25) is 0 Å². The number of hydrogen-bond donors (Lipinski definition) is 1. The number of ether oxygens (including phenoxy) is 1. The van der Waals surface area contributed by atoms with Gasteiger partial charge in [-0.1, -0.05) is 23.8 Å². The maximum absolute atomic E-state index is 5.45. The van der Waals surface area contributed by atoms with Gasteiger partial charge in [-0.25, -0.2) is 0 Å². The van der Waals surface area contributed by atoms with Crippen molar-refractivity contribution in [3.05, 3.63) is 34.9 Å². The Morgan fingerprint density at radius 3 is 2.68 bits per heavy atom. The highest BCUT2D eigenvalue weighted by atomic mass is 16.5. The molecule has 0 radical (unpaired) electrons. The molecule has 106 valence electrons. The van der Waals surface area contributed by atoms with Crippen LogP contribution in [0.5, 0.6) is 0 Å². The molecule has 0 bridgehead atoms. The molecular weight excluding hydrogens is 234 g/mol. The number of aryl methyl sites for hydroxylation is 2. The number of benzene rings is 1. The van der Waals surface area contributed by atoms with Gasteiger partial charge in [0.25, 0.3) is 0 Å². The molecule has 1 fully saturated rings. The molecule has 19 heavy (non-hydrogen) atoms. The Balaban J connectivity index is 1.95. The van der Waals surface area contributed by atoms with Crippen LogP contribution in [0.3, 0.4) is 0 Å². The average molecular weight is 261 g/mol. The smallest absolute Gasteiger partial charge is 0.0468 e. The van der Waals surface area contributed by atoms with E-state index in [2.05, 4.69) is 44.4 Å². The largest absolute Gasteiger partial charge is 0.381 e. The molecule has 2 rings (SSSR count). The Morgan fingerprint density at radius 2 is 2.00 bits per heavy atom. The first-order valence-electron chi connectivity index (χ1n) is 7.50. The van der Waals surface area contributed by atoms with Crippen molar-refractivity contribution in [3.8, 4) is 0 Å². The fourth-order valence-electron chi connectivity index (χ4n) is 2.97. The monoisotopic (exact) mass is 261 g/mol. The van der Waals surface area contributed by atoms with Gasteiger partial charge in [-0.15, -0.1) is 0 Å². The summed E-state index contributed by atoms with van der Waals surface area (Å²) in [4.78, 5) is 0. The van der Waals surface area contributed by atoms with Crippen molar-refractivity contribution in [2.75, 3.05) is 20.3 Å². The van der Waals surface area contributed by atoms with Crippen molar-refractivity contribution in [1.29, 1.82) is 0 Å². The molecule has 0 spiro atoms. The van der Waals surface area contributed by atoms with E-state index >= 15 is 0 Å². The lowest BCUT2D eigenvalue weighted by Crippen LogP contribution is -2.32. The molecule has 1 N–H and O–H groups in total. The molecule has 1 aliphatic rings. The number of likely N-dealkylation sites (N-methyl/N-ethyl adjacent to an activating group) is 1. The first-order valence-corrected chi connectivity index (χ1v) is 7.50. The first kappa shape index (κ1) is 14.5. The van der Waals surface area contributed by atoms with Crippen LogP contribution < -0.4 is 5.32 Å². The quantitative estimate of drug-likeness (QED) is 0.878. The van der Waals surface area contributed by atoms with Gasteiger partial charge in [0.1, 0.15) is 0 Å². The molecule has 0 amide bonds. The highest BCUT2D eigenvalue weighted by Gasteiger charge is 2.19. The van der Waals surface area contributed by atoms with E-state index in [1.807, 2.05) is 0 Å². The third-order valence-electron chi connectivity index (χ3n) is 4.34. The standard InChI is InChI=1S/C17H27NO/c1-13-4-5-14(2)16(10-13)12-17(18-3)11-15-6-8-19-9-7-15/h4-5,10,15,17-18H,6-9,11-12H2,1-3H3. The third kappa shape index (κ3) is 4.32. The van der Waals surface area contributed by atoms with Crippen LogP contribution in [-0.2, 0) is 11.2 Å². The third-order valence-corrected chi connectivity index (χ3v) is 4.34. The number of hydrogen-bond acceptors (Lipinski definition) is 2. The van der Waals surface area contributed by atoms with E-state index in [9.17, 15) is 0 Å². The molecule has 1 aromatic carbocycles. The van der Waals surface area contributed by atoms with Gasteiger partial charge >= 0.3 is 0 Å². The van der Waals surface area contributed by atoms with Crippen molar-refractivity contribution < 1.29 is 4.74 Å². The second-order valence-corrected chi connectivity index (χ2v) is 5.91. The van der Waals surface area contributed by atoms with Gasteiger partial charge in [-0.05, 0) is 63.6 Å². The van der Waals surface area contributed by atoms with E-state index in [4.69, 9.17) is 4.74 Å². The van der Waals surface area contributed by atoms with Crippen molar-refractivity contribution >= 4 is 0 Å². The van der Waals surface area contributed by atoms with E-state index in [1.54, 1.807) is 0 Å². The van der Waals surface area contributed by atoms with Gasteiger partial charge in [-0.3, -0.25) is 0 Å². The Kier molecular flexibility index (Phi) is 5.41. The molecule has 1 saturated heterocycles. The summed E-state index contributed by atoms with van der Waals surface area (Å²) < 4.78 is 5.45. The Morgan fingerprint density at radius 1 is 1.26 bits per heavy atom. The minimum atomic E-state index is 0.587.